The third-order valence-electron chi connectivity index (χ3n) is 2.75. The largest absolute Gasteiger partial charge is 0.445 e. The van der Waals surface area contributed by atoms with Gasteiger partial charge < -0.3 is 10.1 Å². The summed E-state index contributed by atoms with van der Waals surface area (Å²) in [7, 11) is 0. The number of nitrogens with one attached hydrogen (secondary N) is 1. The summed E-state index contributed by atoms with van der Waals surface area (Å²) in [4.78, 5) is 12.3. The van der Waals surface area contributed by atoms with E-state index < -0.39 is 6.09 Å². The van der Waals surface area contributed by atoms with Crippen LogP contribution >= 0.6 is 11.3 Å². The molecule has 3 rings (SSSR count). The van der Waals surface area contributed by atoms with Gasteiger partial charge in [-0.2, -0.15) is 9.61 Å². The van der Waals surface area contributed by atoms with Crippen molar-refractivity contribution in [2.24, 2.45) is 0 Å². The summed E-state index contributed by atoms with van der Waals surface area (Å²) in [6, 6.07) is 9.55. The average Bonchev–Trinajstić information content (AvgIpc) is 3.07. The lowest BCUT2D eigenvalue weighted by Crippen LogP contribution is -2.26. The number of amides is 1. The van der Waals surface area contributed by atoms with Gasteiger partial charge in [0.1, 0.15) is 17.9 Å². The van der Waals surface area contributed by atoms with Crippen molar-refractivity contribution in [1.82, 2.24) is 25.1 Å². The Balaban J connectivity index is 1.40. The molecule has 2 heterocycles. The number of ether oxygens (including phenoxy) is 1. The molecule has 0 radical (unpaired) electrons. The van der Waals surface area contributed by atoms with E-state index in [0.717, 1.165) is 15.5 Å². The molecule has 0 saturated carbocycles. The first-order valence-corrected chi connectivity index (χ1v) is 7.23. The van der Waals surface area contributed by atoms with Gasteiger partial charge >= 0.3 is 6.09 Å². The zero-order chi connectivity index (χ0) is 14.5. The zero-order valence-corrected chi connectivity index (χ0v) is 11.9. The monoisotopic (exact) mass is 303 g/mol. The minimum absolute atomic E-state index is 0.267. The van der Waals surface area contributed by atoms with Crippen molar-refractivity contribution >= 4 is 22.4 Å². The molecule has 0 aliphatic carbocycles. The number of benzene rings is 1. The van der Waals surface area contributed by atoms with Gasteiger partial charge in [-0.15, -0.1) is 10.2 Å². The number of fused-ring (bicyclic) bond motifs is 1. The van der Waals surface area contributed by atoms with E-state index >= 15 is 0 Å². The molecule has 108 valence electrons. The van der Waals surface area contributed by atoms with Crippen LogP contribution in [-0.4, -0.2) is 32.4 Å². The highest BCUT2D eigenvalue weighted by Crippen LogP contribution is 2.11. The molecule has 1 N–H and O–H groups in total. The Morgan fingerprint density at radius 1 is 1.33 bits per heavy atom. The Morgan fingerprint density at radius 2 is 2.19 bits per heavy atom. The topological polar surface area (TPSA) is 81.4 Å². The van der Waals surface area contributed by atoms with Crippen LogP contribution in [-0.2, 0) is 17.8 Å². The van der Waals surface area contributed by atoms with Gasteiger partial charge in [0.25, 0.3) is 0 Å². The van der Waals surface area contributed by atoms with Crippen molar-refractivity contribution in [2.45, 2.75) is 13.0 Å². The van der Waals surface area contributed by atoms with Crippen LogP contribution in [0, 0.1) is 0 Å². The Bertz CT molecular complexity index is 696. The van der Waals surface area contributed by atoms with Gasteiger partial charge in [-0.25, -0.2) is 4.79 Å². The van der Waals surface area contributed by atoms with Crippen molar-refractivity contribution in [1.29, 1.82) is 0 Å². The van der Waals surface area contributed by atoms with Gasteiger partial charge in [0.05, 0.1) is 0 Å². The predicted octanol–water partition coefficient (Wildman–Crippen LogP) is 1.65. The molecule has 0 saturated heterocycles. The van der Waals surface area contributed by atoms with Gasteiger partial charge in [-0.05, 0) is 5.56 Å². The van der Waals surface area contributed by atoms with Gasteiger partial charge in [-0.1, -0.05) is 41.7 Å². The number of hydrogen-bond acceptors (Lipinski definition) is 6. The molecular formula is C13H13N5O2S. The van der Waals surface area contributed by atoms with Crippen LogP contribution in [0.5, 0.6) is 0 Å². The van der Waals surface area contributed by atoms with Crippen LogP contribution in [0.1, 0.15) is 10.6 Å². The molecule has 0 bridgehead atoms. The predicted molar refractivity (Wildman–Crippen MR) is 77.0 cm³/mol. The second-order valence-electron chi connectivity index (χ2n) is 4.29. The number of carbonyl (C=O) groups is 1. The first-order valence-electron chi connectivity index (χ1n) is 6.41. The number of nitrogens with zero attached hydrogens (tertiary/aromatic N) is 4. The lowest BCUT2D eigenvalue weighted by Gasteiger charge is -2.06. The van der Waals surface area contributed by atoms with Crippen molar-refractivity contribution in [3.8, 4) is 0 Å². The molecule has 0 fully saturated rings. The van der Waals surface area contributed by atoms with E-state index in [1.54, 1.807) is 10.8 Å². The molecule has 21 heavy (non-hydrogen) atoms. The number of aromatic nitrogens is 4. The van der Waals surface area contributed by atoms with Crippen LogP contribution in [0.25, 0.3) is 4.96 Å². The fourth-order valence-corrected chi connectivity index (χ4v) is 2.56. The van der Waals surface area contributed by atoms with Gasteiger partial charge in [0.15, 0.2) is 0 Å². The van der Waals surface area contributed by atoms with E-state index in [1.807, 2.05) is 30.3 Å². The smallest absolute Gasteiger partial charge is 0.407 e. The zero-order valence-electron chi connectivity index (χ0n) is 11.1. The first kappa shape index (κ1) is 13.5. The number of alkyl carbamates (subject to hydrolysis) is 1. The van der Waals surface area contributed by atoms with Crippen molar-refractivity contribution in [3.63, 3.8) is 0 Å². The molecule has 0 aliphatic rings. The molecule has 2 aromatic heterocycles. The van der Waals surface area contributed by atoms with E-state index in [2.05, 4.69) is 20.6 Å². The molecule has 8 heteroatoms. The van der Waals surface area contributed by atoms with Crippen molar-refractivity contribution < 1.29 is 9.53 Å². The first-order chi connectivity index (χ1) is 10.3. The van der Waals surface area contributed by atoms with Gasteiger partial charge in [-0.3, -0.25) is 0 Å². The maximum Gasteiger partial charge on any atom is 0.407 e. The Kier molecular flexibility index (Phi) is 4.06. The lowest BCUT2D eigenvalue weighted by molar-refractivity contribution is 0.140. The summed E-state index contributed by atoms with van der Waals surface area (Å²) in [5.74, 6) is 0. The number of hydrogen-bond donors (Lipinski definition) is 1. The summed E-state index contributed by atoms with van der Waals surface area (Å²) in [5, 5.41) is 15.5. The van der Waals surface area contributed by atoms with Crippen LogP contribution in [0.15, 0.2) is 36.7 Å². The quantitative estimate of drug-likeness (QED) is 0.775. The fourth-order valence-electron chi connectivity index (χ4n) is 1.75. The lowest BCUT2D eigenvalue weighted by atomic mass is 10.2. The highest BCUT2D eigenvalue weighted by molar-refractivity contribution is 7.16. The maximum atomic E-state index is 11.6. The van der Waals surface area contributed by atoms with Crippen LogP contribution < -0.4 is 5.32 Å². The molecule has 1 amide bonds. The summed E-state index contributed by atoms with van der Waals surface area (Å²) in [6.07, 6.45) is 1.76. The molecule has 7 nitrogen and oxygen atoms in total. The SMILES string of the molecule is O=C(NCCc1nn2cnnc2s1)OCc1ccccc1. The van der Waals surface area contributed by atoms with Crippen LogP contribution in [0.3, 0.4) is 0 Å². The minimum atomic E-state index is -0.429. The molecule has 0 atom stereocenters. The molecule has 0 aliphatic heterocycles. The molecule has 3 aromatic rings. The third-order valence-corrected chi connectivity index (χ3v) is 3.72. The summed E-state index contributed by atoms with van der Waals surface area (Å²) in [5.41, 5.74) is 0.960. The van der Waals surface area contributed by atoms with E-state index in [1.165, 1.54) is 11.3 Å². The summed E-state index contributed by atoms with van der Waals surface area (Å²) >= 11 is 1.45. The fraction of sp³-hybridized carbons (Fsp3) is 0.231. The summed E-state index contributed by atoms with van der Waals surface area (Å²) < 4.78 is 6.73. The van der Waals surface area contributed by atoms with Crippen LogP contribution in [0.4, 0.5) is 4.79 Å². The van der Waals surface area contributed by atoms with E-state index in [-0.39, 0.29) is 6.61 Å². The van der Waals surface area contributed by atoms with Crippen LogP contribution in [0.2, 0.25) is 0 Å². The average molecular weight is 303 g/mol. The highest BCUT2D eigenvalue weighted by atomic mass is 32.1. The second kappa shape index (κ2) is 6.31. The maximum absolute atomic E-state index is 11.6. The Labute approximate surface area is 124 Å². The van der Waals surface area contributed by atoms with E-state index in [4.69, 9.17) is 4.74 Å². The highest BCUT2D eigenvalue weighted by Gasteiger charge is 2.06. The minimum Gasteiger partial charge on any atom is -0.445 e. The molecule has 1 aromatic carbocycles. The summed E-state index contributed by atoms with van der Waals surface area (Å²) in [6.45, 7) is 0.737. The normalized spacial score (nSPS) is 10.7. The Morgan fingerprint density at radius 3 is 3.00 bits per heavy atom. The molecule has 0 spiro atoms. The van der Waals surface area contributed by atoms with Gasteiger partial charge in [0, 0.05) is 13.0 Å². The molecule has 0 unspecified atom stereocenters. The second-order valence-corrected chi connectivity index (χ2v) is 5.33. The van der Waals surface area contributed by atoms with E-state index in [0.29, 0.717) is 13.0 Å². The Hall–Kier alpha value is -2.48. The van der Waals surface area contributed by atoms with E-state index in [9.17, 15) is 4.79 Å². The van der Waals surface area contributed by atoms with Crippen molar-refractivity contribution in [2.75, 3.05) is 6.54 Å². The van der Waals surface area contributed by atoms with Crippen molar-refractivity contribution in [3.05, 3.63) is 47.2 Å². The molecular weight excluding hydrogens is 290 g/mol. The number of rotatable bonds is 5. The third kappa shape index (κ3) is 3.54. The number of carbonyl (C=O) groups excluding carboxylic acids is 1. The standard InChI is InChI=1S/C13H13N5O2S/c19-13(20-8-10-4-2-1-3-5-10)14-7-6-11-17-18-9-15-16-12(18)21-11/h1-5,9H,6-8H2,(H,14,19). The van der Waals surface area contributed by atoms with Gasteiger partial charge in [0.2, 0.25) is 4.96 Å².